The van der Waals surface area contributed by atoms with Gasteiger partial charge in [0.15, 0.2) is 17.8 Å². The van der Waals surface area contributed by atoms with Crippen molar-refractivity contribution < 1.29 is 18.7 Å². The summed E-state index contributed by atoms with van der Waals surface area (Å²) in [5.41, 5.74) is 1.20. The van der Waals surface area contributed by atoms with Gasteiger partial charge in [-0.05, 0) is 18.6 Å². The van der Waals surface area contributed by atoms with Crippen LogP contribution in [0.4, 0.5) is 4.39 Å². The van der Waals surface area contributed by atoms with Crippen LogP contribution in [-0.2, 0) is 6.61 Å². The van der Waals surface area contributed by atoms with E-state index in [0.717, 1.165) is 5.56 Å². The fourth-order valence-corrected chi connectivity index (χ4v) is 1.92. The molecule has 0 unspecified atom stereocenters. The normalized spacial score (nSPS) is 10.2. The van der Waals surface area contributed by atoms with Gasteiger partial charge in [0, 0.05) is 5.56 Å². The van der Waals surface area contributed by atoms with Crippen molar-refractivity contribution >= 4 is 6.29 Å². The summed E-state index contributed by atoms with van der Waals surface area (Å²) in [4.78, 5) is 10.8. The fourth-order valence-electron chi connectivity index (χ4n) is 1.92. The predicted octanol–water partition coefficient (Wildman–Crippen LogP) is 3.53. The molecule has 0 bridgehead atoms. The van der Waals surface area contributed by atoms with E-state index in [4.69, 9.17) is 9.47 Å². The Labute approximate surface area is 117 Å². The number of rotatable bonds is 5. The Morgan fingerprint density at radius 2 is 1.95 bits per heavy atom. The minimum absolute atomic E-state index is 0.0357. The largest absolute Gasteiger partial charge is 0.493 e. The summed E-state index contributed by atoms with van der Waals surface area (Å²) in [5, 5.41) is 0. The molecule has 2 aromatic rings. The van der Waals surface area contributed by atoms with Gasteiger partial charge in [0.1, 0.15) is 12.4 Å². The number of ether oxygens (including phenoxy) is 2. The van der Waals surface area contributed by atoms with Crippen molar-refractivity contribution in [3.05, 3.63) is 58.9 Å². The van der Waals surface area contributed by atoms with Gasteiger partial charge in [-0.1, -0.05) is 30.3 Å². The molecule has 2 aromatic carbocycles. The smallest absolute Gasteiger partial charge is 0.167 e. The summed E-state index contributed by atoms with van der Waals surface area (Å²) < 4.78 is 24.7. The molecule has 0 aromatic heterocycles. The molecule has 0 aliphatic heterocycles. The monoisotopic (exact) mass is 274 g/mol. The molecule has 0 radical (unpaired) electrons. The maximum atomic E-state index is 13.9. The number of hydrogen-bond acceptors (Lipinski definition) is 3. The average molecular weight is 274 g/mol. The highest BCUT2D eigenvalue weighted by Gasteiger charge is 2.17. The lowest BCUT2D eigenvalue weighted by Crippen LogP contribution is -2.03. The van der Waals surface area contributed by atoms with Crippen LogP contribution in [0, 0.1) is 12.7 Å². The van der Waals surface area contributed by atoms with Gasteiger partial charge in [-0.15, -0.1) is 0 Å². The molecule has 104 valence electrons. The number of methoxy groups -OCH3 is 1. The molecule has 0 atom stereocenters. The third-order valence-corrected chi connectivity index (χ3v) is 3.01. The first-order valence-electron chi connectivity index (χ1n) is 6.16. The van der Waals surface area contributed by atoms with Crippen molar-refractivity contribution in [1.82, 2.24) is 0 Å². The molecule has 3 nitrogen and oxygen atoms in total. The first-order chi connectivity index (χ1) is 9.67. The Morgan fingerprint density at radius 1 is 1.25 bits per heavy atom. The van der Waals surface area contributed by atoms with Gasteiger partial charge in [-0.25, -0.2) is 4.39 Å². The van der Waals surface area contributed by atoms with Crippen molar-refractivity contribution in [2.75, 3.05) is 7.11 Å². The van der Waals surface area contributed by atoms with Crippen molar-refractivity contribution in [2.45, 2.75) is 13.5 Å². The van der Waals surface area contributed by atoms with E-state index in [1.165, 1.54) is 13.2 Å². The molecule has 0 saturated heterocycles. The summed E-state index contributed by atoms with van der Waals surface area (Å²) in [6.45, 7) is 1.86. The predicted molar refractivity (Wildman–Crippen MR) is 73.9 cm³/mol. The van der Waals surface area contributed by atoms with Crippen molar-refractivity contribution in [3.8, 4) is 11.5 Å². The third kappa shape index (κ3) is 2.79. The van der Waals surface area contributed by atoms with Gasteiger partial charge in [-0.3, -0.25) is 4.79 Å². The number of hydrogen-bond donors (Lipinski definition) is 0. The summed E-state index contributed by atoms with van der Waals surface area (Å²) in [6, 6.07) is 10.9. The second-order valence-electron chi connectivity index (χ2n) is 4.33. The minimum Gasteiger partial charge on any atom is -0.493 e. The van der Waals surface area contributed by atoms with Gasteiger partial charge >= 0.3 is 0 Å². The number of aldehydes is 1. The maximum absolute atomic E-state index is 13.9. The van der Waals surface area contributed by atoms with Crippen LogP contribution in [0.3, 0.4) is 0 Å². The molecule has 4 heteroatoms. The number of carbonyl (C=O) groups excluding carboxylic acids is 1. The van der Waals surface area contributed by atoms with E-state index in [0.29, 0.717) is 24.4 Å². The highest BCUT2D eigenvalue weighted by Crippen LogP contribution is 2.34. The third-order valence-electron chi connectivity index (χ3n) is 3.01. The zero-order valence-electron chi connectivity index (χ0n) is 11.4. The lowest BCUT2D eigenvalue weighted by molar-refractivity contribution is 0.111. The van der Waals surface area contributed by atoms with Gasteiger partial charge in [0.25, 0.3) is 0 Å². The quantitative estimate of drug-likeness (QED) is 0.782. The highest BCUT2D eigenvalue weighted by molar-refractivity contribution is 5.78. The van der Waals surface area contributed by atoms with E-state index in [2.05, 4.69) is 0 Å². The second-order valence-corrected chi connectivity index (χ2v) is 4.33. The van der Waals surface area contributed by atoms with E-state index < -0.39 is 5.82 Å². The van der Waals surface area contributed by atoms with E-state index in [1.807, 2.05) is 30.3 Å². The Balaban J connectivity index is 2.31. The van der Waals surface area contributed by atoms with Crippen LogP contribution in [0.25, 0.3) is 0 Å². The molecule has 0 aliphatic carbocycles. The van der Waals surface area contributed by atoms with Crippen LogP contribution >= 0.6 is 0 Å². The summed E-state index contributed by atoms with van der Waals surface area (Å²) in [7, 11) is 1.45. The van der Waals surface area contributed by atoms with Crippen LogP contribution in [0.15, 0.2) is 36.4 Å². The molecule has 0 spiro atoms. The van der Waals surface area contributed by atoms with Crippen LogP contribution < -0.4 is 9.47 Å². The van der Waals surface area contributed by atoms with Gasteiger partial charge in [0.2, 0.25) is 0 Å². The molecule has 20 heavy (non-hydrogen) atoms. The molecule has 0 heterocycles. The second kappa shape index (κ2) is 6.19. The Bertz CT molecular complexity index is 609. The fraction of sp³-hybridized carbons (Fsp3) is 0.188. The van der Waals surface area contributed by atoms with E-state index >= 15 is 0 Å². The zero-order valence-corrected chi connectivity index (χ0v) is 11.4. The zero-order chi connectivity index (χ0) is 14.5. The van der Waals surface area contributed by atoms with Crippen LogP contribution in [0.2, 0.25) is 0 Å². The SMILES string of the molecule is COc1cc(C=O)c(F)c(C)c1OCc1ccccc1. The maximum Gasteiger partial charge on any atom is 0.167 e. The molecule has 0 N–H and O–H groups in total. The summed E-state index contributed by atoms with van der Waals surface area (Å²) >= 11 is 0. The van der Waals surface area contributed by atoms with Crippen molar-refractivity contribution in [3.63, 3.8) is 0 Å². The molecule has 0 fully saturated rings. The van der Waals surface area contributed by atoms with Crippen molar-refractivity contribution in [1.29, 1.82) is 0 Å². The topological polar surface area (TPSA) is 35.5 Å². The minimum atomic E-state index is -0.580. The van der Waals surface area contributed by atoms with E-state index in [9.17, 15) is 9.18 Å². The standard InChI is InChI=1S/C16H15FO3/c1-11-15(17)13(9-18)8-14(19-2)16(11)20-10-12-6-4-3-5-7-12/h3-9H,10H2,1-2H3. The van der Waals surface area contributed by atoms with Gasteiger partial charge in [0.05, 0.1) is 12.7 Å². The molecule has 0 saturated carbocycles. The number of halogens is 1. The lowest BCUT2D eigenvalue weighted by Gasteiger charge is -2.15. The molecule has 0 amide bonds. The molecule has 2 rings (SSSR count). The number of benzene rings is 2. The van der Waals surface area contributed by atoms with E-state index in [1.54, 1.807) is 6.92 Å². The van der Waals surface area contributed by atoms with Gasteiger partial charge < -0.3 is 9.47 Å². The molecular weight excluding hydrogens is 259 g/mol. The van der Waals surface area contributed by atoms with Crippen LogP contribution in [0.1, 0.15) is 21.5 Å². The van der Waals surface area contributed by atoms with Gasteiger partial charge in [-0.2, -0.15) is 0 Å². The van der Waals surface area contributed by atoms with Crippen molar-refractivity contribution in [2.24, 2.45) is 0 Å². The first kappa shape index (κ1) is 14.1. The van der Waals surface area contributed by atoms with Crippen LogP contribution in [-0.4, -0.2) is 13.4 Å². The Hall–Kier alpha value is -2.36. The highest BCUT2D eigenvalue weighted by atomic mass is 19.1. The first-order valence-corrected chi connectivity index (χ1v) is 6.16. The van der Waals surface area contributed by atoms with Crippen LogP contribution in [0.5, 0.6) is 11.5 Å². The Kier molecular flexibility index (Phi) is 4.35. The Morgan fingerprint density at radius 3 is 2.55 bits per heavy atom. The summed E-state index contributed by atoms with van der Waals surface area (Å²) in [6.07, 6.45) is 0.464. The molecular formula is C16H15FO3. The summed E-state index contributed by atoms with van der Waals surface area (Å²) in [5.74, 6) is 0.0882. The van der Waals surface area contributed by atoms with E-state index in [-0.39, 0.29) is 11.1 Å². The number of carbonyl (C=O) groups is 1. The lowest BCUT2D eigenvalue weighted by atomic mass is 10.1. The average Bonchev–Trinajstić information content (AvgIpc) is 2.49. The molecule has 0 aliphatic rings.